The van der Waals surface area contributed by atoms with Crippen molar-refractivity contribution in [1.82, 2.24) is 9.88 Å². The molecule has 0 spiro atoms. The van der Waals surface area contributed by atoms with Gasteiger partial charge in [0.05, 0.1) is 18.3 Å². The van der Waals surface area contributed by atoms with Crippen LogP contribution in [0.25, 0.3) is 0 Å². The van der Waals surface area contributed by atoms with E-state index in [1.54, 1.807) is 12.1 Å². The topological polar surface area (TPSA) is 33.2 Å². The first-order chi connectivity index (χ1) is 10.1. The van der Waals surface area contributed by atoms with E-state index in [0.29, 0.717) is 0 Å². The zero-order valence-corrected chi connectivity index (χ0v) is 11.1. The van der Waals surface area contributed by atoms with Crippen molar-refractivity contribution in [2.75, 3.05) is 6.54 Å². The van der Waals surface area contributed by atoms with E-state index in [9.17, 15) is 13.6 Å². The molecule has 0 aliphatic rings. The van der Waals surface area contributed by atoms with Crippen molar-refractivity contribution in [1.29, 1.82) is 0 Å². The van der Waals surface area contributed by atoms with Gasteiger partial charge >= 0.3 is 0 Å². The highest BCUT2D eigenvalue weighted by Crippen LogP contribution is 2.11. The van der Waals surface area contributed by atoms with Crippen molar-refractivity contribution in [3.05, 3.63) is 65.5 Å². The van der Waals surface area contributed by atoms with Crippen LogP contribution in [-0.2, 0) is 6.54 Å². The van der Waals surface area contributed by atoms with Crippen molar-refractivity contribution in [3.63, 3.8) is 0 Å². The molecule has 0 N–H and O–H groups in total. The lowest BCUT2D eigenvalue weighted by atomic mass is 10.2. The van der Waals surface area contributed by atoms with E-state index in [4.69, 9.17) is 6.42 Å². The fraction of sp³-hybridized carbons (Fsp3) is 0.125. The summed E-state index contributed by atoms with van der Waals surface area (Å²) in [4.78, 5) is 17.3. The SMILES string of the molecule is C#CCN(Cc1ccc(F)cc1)C(=O)c1cncc(F)c1. The highest BCUT2D eigenvalue weighted by Gasteiger charge is 2.16. The highest BCUT2D eigenvalue weighted by atomic mass is 19.1. The van der Waals surface area contributed by atoms with Crippen LogP contribution in [0, 0.1) is 24.0 Å². The van der Waals surface area contributed by atoms with Crippen molar-refractivity contribution in [3.8, 4) is 12.3 Å². The van der Waals surface area contributed by atoms with E-state index in [1.165, 1.54) is 23.2 Å². The smallest absolute Gasteiger partial charge is 0.256 e. The molecule has 0 aliphatic carbocycles. The Balaban J connectivity index is 2.20. The Bertz CT molecular complexity index is 677. The maximum Gasteiger partial charge on any atom is 0.256 e. The third-order valence-corrected chi connectivity index (χ3v) is 2.81. The summed E-state index contributed by atoms with van der Waals surface area (Å²) in [6.07, 6.45) is 7.55. The second-order valence-electron chi connectivity index (χ2n) is 4.38. The summed E-state index contributed by atoms with van der Waals surface area (Å²) in [5.74, 6) is 1.00. The Labute approximate surface area is 121 Å². The Hall–Kier alpha value is -2.74. The number of pyridine rings is 1. The van der Waals surface area contributed by atoms with Gasteiger partial charge in [-0.25, -0.2) is 8.78 Å². The first-order valence-electron chi connectivity index (χ1n) is 6.18. The van der Waals surface area contributed by atoms with Gasteiger partial charge in [0.1, 0.15) is 11.6 Å². The van der Waals surface area contributed by atoms with Crippen molar-refractivity contribution in [2.24, 2.45) is 0 Å². The summed E-state index contributed by atoms with van der Waals surface area (Å²) >= 11 is 0. The van der Waals surface area contributed by atoms with Gasteiger partial charge < -0.3 is 4.90 Å². The number of carbonyl (C=O) groups is 1. The van der Waals surface area contributed by atoms with Gasteiger partial charge in [-0.05, 0) is 23.8 Å². The number of halogens is 2. The largest absolute Gasteiger partial charge is 0.323 e. The van der Waals surface area contributed by atoms with Gasteiger partial charge in [0.2, 0.25) is 0 Å². The predicted molar refractivity (Wildman–Crippen MR) is 74.2 cm³/mol. The monoisotopic (exact) mass is 286 g/mol. The van der Waals surface area contributed by atoms with E-state index < -0.39 is 11.7 Å². The Morgan fingerprint density at radius 2 is 1.90 bits per heavy atom. The van der Waals surface area contributed by atoms with E-state index in [1.807, 2.05) is 0 Å². The molecular formula is C16H12F2N2O. The highest BCUT2D eigenvalue weighted by molar-refractivity contribution is 5.94. The van der Waals surface area contributed by atoms with Crippen molar-refractivity contribution in [2.45, 2.75) is 6.54 Å². The number of rotatable bonds is 4. The summed E-state index contributed by atoms with van der Waals surface area (Å²) < 4.78 is 26.0. The fourth-order valence-corrected chi connectivity index (χ4v) is 1.83. The van der Waals surface area contributed by atoms with E-state index in [0.717, 1.165) is 17.8 Å². The standard InChI is InChI=1S/C16H12F2N2O/c1-2-7-20(11-12-3-5-14(17)6-4-12)16(21)13-8-15(18)10-19-9-13/h1,3-6,8-10H,7,11H2. The molecule has 106 valence electrons. The van der Waals surface area contributed by atoms with Crippen LogP contribution in [-0.4, -0.2) is 22.3 Å². The normalized spacial score (nSPS) is 9.95. The zero-order valence-electron chi connectivity index (χ0n) is 11.1. The molecule has 0 saturated carbocycles. The van der Waals surface area contributed by atoms with Crippen LogP contribution in [0.3, 0.4) is 0 Å². The molecule has 21 heavy (non-hydrogen) atoms. The van der Waals surface area contributed by atoms with Crippen molar-refractivity contribution < 1.29 is 13.6 Å². The summed E-state index contributed by atoms with van der Waals surface area (Å²) in [6, 6.07) is 6.84. The number of nitrogens with zero attached hydrogens (tertiary/aromatic N) is 2. The zero-order chi connectivity index (χ0) is 15.2. The fourth-order valence-electron chi connectivity index (χ4n) is 1.83. The lowest BCUT2D eigenvalue weighted by Crippen LogP contribution is -2.31. The van der Waals surface area contributed by atoms with Crippen LogP contribution in [0.5, 0.6) is 0 Å². The molecule has 1 heterocycles. The molecule has 0 aliphatic heterocycles. The summed E-state index contributed by atoms with van der Waals surface area (Å²) in [6.45, 7) is 0.270. The Morgan fingerprint density at radius 1 is 1.19 bits per heavy atom. The third-order valence-electron chi connectivity index (χ3n) is 2.81. The van der Waals surface area contributed by atoms with Gasteiger partial charge in [-0.3, -0.25) is 9.78 Å². The molecular weight excluding hydrogens is 274 g/mol. The minimum Gasteiger partial charge on any atom is -0.323 e. The lowest BCUT2D eigenvalue weighted by Gasteiger charge is -2.20. The summed E-state index contributed by atoms with van der Waals surface area (Å²) in [7, 11) is 0. The minimum absolute atomic E-state index is 0.0622. The van der Waals surface area contributed by atoms with E-state index >= 15 is 0 Å². The molecule has 0 bridgehead atoms. The lowest BCUT2D eigenvalue weighted by molar-refractivity contribution is 0.0765. The molecule has 1 amide bonds. The maximum atomic E-state index is 13.1. The molecule has 0 radical (unpaired) electrons. The first-order valence-corrected chi connectivity index (χ1v) is 6.18. The van der Waals surface area contributed by atoms with Crippen LogP contribution >= 0.6 is 0 Å². The second kappa shape index (κ2) is 6.62. The number of terminal acetylenes is 1. The number of amides is 1. The van der Waals surface area contributed by atoms with Gasteiger partial charge in [0, 0.05) is 12.7 Å². The molecule has 0 atom stereocenters. The predicted octanol–water partition coefficient (Wildman–Crippen LogP) is 2.64. The maximum absolute atomic E-state index is 13.1. The number of carbonyl (C=O) groups excluding carboxylic acids is 1. The van der Waals surface area contributed by atoms with Crippen LogP contribution in [0.15, 0.2) is 42.7 Å². The quantitative estimate of drug-likeness (QED) is 0.810. The Morgan fingerprint density at radius 3 is 2.52 bits per heavy atom. The Kier molecular flexibility index (Phi) is 4.62. The van der Waals surface area contributed by atoms with Gasteiger partial charge in [-0.2, -0.15) is 0 Å². The summed E-state index contributed by atoms with van der Waals surface area (Å²) in [5.41, 5.74) is 0.844. The van der Waals surface area contributed by atoms with Crippen LogP contribution < -0.4 is 0 Å². The average Bonchev–Trinajstić information content (AvgIpc) is 2.48. The molecule has 2 rings (SSSR count). The van der Waals surface area contributed by atoms with Gasteiger partial charge in [0.15, 0.2) is 0 Å². The molecule has 0 saturated heterocycles. The summed E-state index contributed by atoms with van der Waals surface area (Å²) in [5, 5.41) is 0. The van der Waals surface area contributed by atoms with E-state index in [2.05, 4.69) is 10.9 Å². The van der Waals surface area contributed by atoms with Gasteiger partial charge in [-0.15, -0.1) is 6.42 Å². The van der Waals surface area contributed by atoms with Crippen LogP contribution in [0.4, 0.5) is 8.78 Å². The number of hydrogen-bond acceptors (Lipinski definition) is 2. The average molecular weight is 286 g/mol. The molecule has 3 nitrogen and oxygen atoms in total. The molecule has 1 aromatic carbocycles. The molecule has 0 unspecified atom stereocenters. The van der Waals surface area contributed by atoms with Crippen molar-refractivity contribution >= 4 is 5.91 Å². The molecule has 1 aromatic heterocycles. The first kappa shape index (κ1) is 14.7. The minimum atomic E-state index is -0.594. The van der Waals surface area contributed by atoms with E-state index in [-0.39, 0.29) is 24.5 Å². The third kappa shape index (κ3) is 3.86. The number of aromatic nitrogens is 1. The molecule has 0 fully saturated rings. The molecule has 2 aromatic rings. The number of benzene rings is 1. The van der Waals surface area contributed by atoms with Gasteiger partial charge in [-0.1, -0.05) is 18.1 Å². The van der Waals surface area contributed by atoms with Crippen LogP contribution in [0.1, 0.15) is 15.9 Å². The molecule has 5 heteroatoms. The van der Waals surface area contributed by atoms with Crippen LogP contribution in [0.2, 0.25) is 0 Å². The number of hydrogen-bond donors (Lipinski definition) is 0. The second-order valence-corrected chi connectivity index (χ2v) is 4.38. The van der Waals surface area contributed by atoms with Gasteiger partial charge in [0.25, 0.3) is 5.91 Å².